The van der Waals surface area contributed by atoms with E-state index in [4.69, 9.17) is 0 Å². The van der Waals surface area contributed by atoms with Crippen LogP contribution in [-0.4, -0.2) is 51.2 Å². The summed E-state index contributed by atoms with van der Waals surface area (Å²) >= 11 is 0. The Labute approximate surface area is 138 Å². The van der Waals surface area contributed by atoms with E-state index in [0.717, 1.165) is 0 Å². The van der Waals surface area contributed by atoms with E-state index in [-0.39, 0.29) is 47.0 Å². The Morgan fingerprint density at radius 2 is 2.21 bits per heavy atom. The summed E-state index contributed by atoms with van der Waals surface area (Å²) in [6, 6.07) is -0.323. The summed E-state index contributed by atoms with van der Waals surface area (Å²) in [6.07, 6.45) is 3.14. The second-order valence-electron chi connectivity index (χ2n) is 6.28. The number of carbonyl (C=O) groups excluding carboxylic acids is 1. The van der Waals surface area contributed by atoms with Crippen LogP contribution < -0.4 is 10.9 Å². The van der Waals surface area contributed by atoms with E-state index in [0.29, 0.717) is 12.1 Å². The molecule has 0 aromatic carbocycles. The second-order valence-corrected chi connectivity index (χ2v) is 8.51. The van der Waals surface area contributed by atoms with Gasteiger partial charge in [0.1, 0.15) is 18.3 Å². The number of nitrogens with one attached hydrogen (secondary N) is 1. The largest absolute Gasteiger partial charge is 0.352 e. The fourth-order valence-corrected chi connectivity index (χ4v) is 4.53. The molecule has 0 spiro atoms. The molecule has 10 heteroatoms. The van der Waals surface area contributed by atoms with Gasteiger partial charge in [0.15, 0.2) is 15.5 Å². The third-order valence-electron chi connectivity index (χ3n) is 3.90. The highest BCUT2D eigenvalue weighted by Crippen LogP contribution is 2.25. The molecule has 1 saturated heterocycles. The highest BCUT2D eigenvalue weighted by atomic mass is 32.2. The van der Waals surface area contributed by atoms with Crippen LogP contribution in [0.3, 0.4) is 0 Å². The average Bonchev–Trinajstić information content (AvgIpc) is 3.04. The van der Waals surface area contributed by atoms with Crippen molar-refractivity contribution in [2.24, 2.45) is 0 Å². The first-order valence-corrected chi connectivity index (χ1v) is 9.51. The molecule has 1 fully saturated rings. The lowest BCUT2D eigenvalue weighted by molar-refractivity contribution is -0.122. The summed E-state index contributed by atoms with van der Waals surface area (Å²) < 4.78 is 26.0. The smallest absolute Gasteiger partial charge is 0.264 e. The summed E-state index contributed by atoms with van der Waals surface area (Å²) in [5.74, 6) is -0.154. The van der Waals surface area contributed by atoms with Crippen LogP contribution in [0.4, 0.5) is 0 Å². The molecule has 24 heavy (non-hydrogen) atoms. The molecule has 3 rings (SSSR count). The lowest BCUT2D eigenvalue weighted by Crippen LogP contribution is -2.36. The number of rotatable bonds is 4. The van der Waals surface area contributed by atoms with Gasteiger partial charge in [0.25, 0.3) is 5.56 Å². The Bertz CT molecular complexity index is 944. The number of nitrogens with zero attached hydrogens (tertiary/aromatic N) is 4. The molecule has 1 atom stereocenters. The van der Waals surface area contributed by atoms with Crippen molar-refractivity contribution in [2.45, 2.75) is 38.9 Å². The van der Waals surface area contributed by atoms with E-state index in [1.807, 2.05) is 13.8 Å². The molecule has 2 aromatic heterocycles. The Morgan fingerprint density at radius 1 is 1.46 bits per heavy atom. The van der Waals surface area contributed by atoms with Crippen LogP contribution in [0.15, 0.2) is 17.3 Å². The van der Waals surface area contributed by atoms with Crippen LogP contribution in [0.1, 0.15) is 26.3 Å². The first-order valence-electron chi connectivity index (χ1n) is 7.69. The van der Waals surface area contributed by atoms with Gasteiger partial charge in [0.05, 0.1) is 23.7 Å². The monoisotopic (exact) mass is 353 g/mol. The third-order valence-corrected chi connectivity index (χ3v) is 5.65. The molecule has 0 saturated carbocycles. The zero-order chi connectivity index (χ0) is 17.5. The van der Waals surface area contributed by atoms with E-state index in [1.165, 1.54) is 21.8 Å². The number of fused-ring (bicyclic) bond motifs is 1. The number of carbonyl (C=O) groups is 1. The van der Waals surface area contributed by atoms with E-state index in [1.54, 1.807) is 0 Å². The lowest BCUT2D eigenvalue weighted by atomic mass is 10.3. The van der Waals surface area contributed by atoms with Gasteiger partial charge in [-0.1, -0.05) is 0 Å². The van der Waals surface area contributed by atoms with Crippen molar-refractivity contribution in [1.82, 2.24) is 24.6 Å². The van der Waals surface area contributed by atoms with Crippen molar-refractivity contribution >= 4 is 26.8 Å². The van der Waals surface area contributed by atoms with Crippen LogP contribution in [0.25, 0.3) is 11.0 Å². The van der Waals surface area contributed by atoms with Crippen LogP contribution in [-0.2, 0) is 21.2 Å². The maximum atomic E-state index is 12.5. The molecular formula is C14H19N5O4S. The molecule has 0 aliphatic carbocycles. The molecule has 1 aliphatic rings. The van der Waals surface area contributed by atoms with Gasteiger partial charge in [-0.2, -0.15) is 5.10 Å². The van der Waals surface area contributed by atoms with Gasteiger partial charge in [0.2, 0.25) is 5.91 Å². The quantitative estimate of drug-likeness (QED) is 0.790. The molecule has 0 bridgehead atoms. The fourth-order valence-electron chi connectivity index (χ4n) is 2.84. The summed E-state index contributed by atoms with van der Waals surface area (Å²) in [5.41, 5.74) is -0.0198. The molecule has 1 aliphatic heterocycles. The summed E-state index contributed by atoms with van der Waals surface area (Å²) in [7, 11) is -3.06. The number of sulfone groups is 1. The summed E-state index contributed by atoms with van der Waals surface area (Å²) in [5, 5.41) is 7.14. The topological polar surface area (TPSA) is 116 Å². The van der Waals surface area contributed by atoms with Crippen molar-refractivity contribution in [3.63, 3.8) is 0 Å². The van der Waals surface area contributed by atoms with Crippen molar-refractivity contribution in [1.29, 1.82) is 0 Å². The van der Waals surface area contributed by atoms with Crippen LogP contribution >= 0.6 is 0 Å². The van der Waals surface area contributed by atoms with Gasteiger partial charge in [-0.15, -0.1) is 0 Å². The zero-order valence-corrected chi connectivity index (χ0v) is 14.3. The SMILES string of the molecule is CC(C)NC(=O)Cn1cnc2c(cnn2C2CCS(=O)(=O)C2)c1=O. The lowest BCUT2D eigenvalue weighted by Gasteiger charge is -2.11. The third kappa shape index (κ3) is 3.18. The van der Waals surface area contributed by atoms with Gasteiger partial charge in [-0.05, 0) is 20.3 Å². The highest BCUT2D eigenvalue weighted by Gasteiger charge is 2.31. The van der Waals surface area contributed by atoms with Crippen molar-refractivity contribution in [2.75, 3.05) is 11.5 Å². The van der Waals surface area contributed by atoms with Gasteiger partial charge in [-0.3, -0.25) is 14.2 Å². The normalized spacial score (nSPS) is 19.9. The first-order chi connectivity index (χ1) is 11.3. The maximum absolute atomic E-state index is 12.5. The Kier molecular flexibility index (Phi) is 4.16. The van der Waals surface area contributed by atoms with E-state index < -0.39 is 9.84 Å². The van der Waals surface area contributed by atoms with Crippen LogP contribution in [0.2, 0.25) is 0 Å². The second kappa shape index (κ2) is 6.00. The number of aromatic nitrogens is 4. The number of hydrogen-bond acceptors (Lipinski definition) is 6. The molecule has 0 radical (unpaired) electrons. The first kappa shape index (κ1) is 16.6. The molecular weight excluding hydrogens is 334 g/mol. The predicted molar refractivity (Wildman–Crippen MR) is 87.4 cm³/mol. The Morgan fingerprint density at radius 3 is 2.83 bits per heavy atom. The van der Waals surface area contributed by atoms with Gasteiger partial charge < -0.3 is 5.32 Å². The predicted octanol–water partition coefficient (Wildman–Crippen LogP) is -0.523. The zero-order valence-electron chi connectivity index (χ0n) is 13.5. The summed E-state index contributed by atoms with van der Waals surface area (Å²) in [4.78, 5) is 28.5. The van der Waals surface area contributed by atoms with Crippen molar-refractivity contribution < 1.29 is 13.2 Å². The standard InChI is InChI=1S/C14H19N5O4S/c1-9(2)17-12(20)6-18-8-15-13-11(14(18)21)5-16-19(13)10-3-4-24(22,23)7-10/h5,8-10H,3-4,6-7H2,1-2H3,(H,17,20). The molecule has 2 aromatic rings. The molecule has 1 unspecified atom stereocenters. The molecule has 130 valence electrons. The molecule has 9 nitrogen and oxygen atoms in total. The minimum atomic E-state index is -3.06. The minimum Gasteiger partial charge on any atom is -0.352 e. The average molecular weight is 353 g/mol. The van der Waals surface area contributed by atoms with E-state index >= 15 is 0 Å². The van der Waals surface area contributed by atoms with Gasteiger partial charge in [0, 0.05) is 6.04 Å². The fraction of sp³-hybridized carbons (Fsp3) is 0.571. The minimum absolute atomic E-state index is 0.00530. The Balaban J connectivity index is 1.92. The van der Waals surface area contributed by atoms with Crippen molar-refractivity contribution in [3.05, 3.63) is 22.9 Å². The molecule has 1 amide bonds. The molecule has 3 heterocycles. The van der Waals surface area contributed by atoms with Gasteiger partial charge in [-0.25, -0.2) is 18.1 Å². The van der Waals surface area contributed by atoms with Crippen molar-refractivity contribution in [3.8, 4) is 0 Å². The van der Waals surface area contributed by atoms with E-state index in [9.17, 15) is 18.0 Å². The van der Waals surface area contributed by atoms with Gasteiger partial charge >= 0.3 is 0 Å². The highest BCUT2D eigenvalue weighted by molar-refractivity contribution is 7.91. The van der Waals surface area contributed by atoms with E-state index in [2.05, 4.69) is 15.4 Å². The number of hydrogen-bond donors (Lipinski definition) is 1. The number of amides is 1. The van der Waals surface area contributed by atoms with Crippen LogP contribution in [0.5, 0.6) is 0 Å². The molecule has 1 N–H and O–H groups in total. The maximum Gasteiger partial charge on any atom is 0.264 e. The Hall–Kier alpha value is -2.23. The van der Waals surface area contributed by atoms with Crippen LogP contribution in [0, 0.1) is 0 Å². The summed E-state index contributed by atoms with van der Waals surface area (Å²) in [6.45, 7) is 3.55.